The first kappa shape index (κ1) is 17.0. The van der Waals surface area contributed by atoms with E-state index in [4.69, 9.17) is 28.2 Å². The molecule has 0 atom stereocenters. The molecular formula is C19H13Cl2F2NS. The third-order valence-corrected chi connectivity index (χ3v) is 6.33. The highest BCUT2D eigenvalue weighted by Gasteiger charge is 2.50. The number of benzene rings is 2. The summed E-state index contributed by atoms with van der Waals surface area (Å²) in [6.45, 7) is 1.96. The molecule has 25 heavy (non-hydrogen) atoms. The number of aromatic nitrogens is 1. The number of nitrogens with zero attached hydrogens (tertiary/aromatic N) is 1. The van der Waals surface area contributed by atoms with Crippen LogP contribution in [0, 0.1) is 18.6 Å². The van der Waals surface area contributed by atoms with Crippen molar-refractivity contribution in [3.05, 3.63) is 73.5 Å². The number of rotatable bonds is 3. The minimum atomic E-state index is -0.821. The number of hydrogen-bond acceptors (Lipinski definition) is 2. The Labute approximate surface area is 158 Å². The van der Waals surface area contributed by atoms with Gasteiger partial charge in [0.25, 0.3) is 0 Å². The van der Waals surface area contributed by atoms with Gasteiger partial charge in [0.15, 0.2) is 11.6 Å². The summed E-state index contributed by atoms with van der Waals surface area (Å²) in [5.41, 5.74) is 1.42. The normalized spacial score (nSPS) is 15.4. The zero-order chi connectivity index (χ0) is 17.8. The molecule has 0 N–H and O–H groups in total. The lowest BCUT2D eigenvalue weighted by atomic mass is 9.96. The number of hydrogen-bond donors (Lipinski definition) is 0. The largest absolute Gasteiger partial charge is 0.240 e. The van der Waals surface area contributed by atoms with Crippen molar-refractivity contribution in [1.82, 2.24) is 4.98 Å². The maximum atomic E-state index is 14.3. The van der Waals surface area contributed by atoms with E-state index in [0.29, 0.717) is 15.6 Å². The van der Waals surface area contributed by atoms with Gasteiger partial charge in [0, 0.05) is 21.0 Å². The van der Waals surface area contributed by atoms with Crippen molar-refractivity contribution in [3.8, 4) is 11.3 Å². The molecule has 2 aromatic carbocycles. The highest BCUT2D eigenvalue weighted by molar-refractivity contribution is 7.12. The third kappa shape index (κ3) is 2.77. The second-order valence-corrected chi connectivity index (χ2v) is 8.28. The molecule has 128 valence electrons. The maximum Gasteiger partial charge on any atom is 0.163 e. The van der Waals surface area contributed by atoms with Crippen LogP contribution in [-0.2, 0) is 5.41 Å². The van der Waals surface area contributed by atoms with E-state index in [9.17, 15) is 8.78 Å². The fraction of sp³-hybridized carbons (Fsp3) is 0.211. The summed E-state index contributed by atoms with van der Waals surface area (Å²) in [6, 6.07) is 9.61. The molecule has 0 saturated heterocycles. The van der Waals surface area contributed by atoms with E-state index in [1.54, 1.807) is 24.3 Å². The Balaban J connectivity index is 1.82. The summed E-state index contributed by atoms with van der Waals surface area (Å²) in [6.07, 6.45) is 1.52. The molecule has 0 radical (unpaired) electrons. The highest BCUT2D eigenvalue weighted by Crippen LogP contribution is 2.56. The van der Waals surface area contributed by atoms with E-state index in [2.05, 4.69) is 0 Å². The Kier molecular flexibility index (Phi) is 4.10. The summed E-state index contributed by atoms with van der Waals surface area (Å²) < 4.78 is 28.0. The standard InChI is InChI=1S/C19H13Cl2F2NS/c1-10-17(12-6-5-11(20)9-14(12)21)24-18(25-10)19(7-8-19)13-3-2-4-15(22)16(13)23/h2-6,9H,7-8H2,1H3. The van der Waals surface area contributed by atoms with Crippen molar-refractivity contribution < 1.29 is 8.78 Å². The van der Waals surface area contributed by atoms with Crippen molar-refractivity contribution in [3.63, 3.8) is 0 Å². The molecule has 6 heteroatoms. The maximum absolute atomic E-state index is 14.3. The summed E-state index contributed by atoms with van der Waals surface area (Å²) in [5, 5.41) is 1.88. The first-order valence-corrected chi connectivity index (χ1v) is 9.37. The van der Waals surface area contributed by atoms with Gasteiger partial charge in [-0.25, -0.2) is 13.8 Å². The second-order valence-electron chi connectivity index (χ2n) is 6.23. The summed E-state index contributed by atoms with van der Waals surface area (Å²) in [5.74, 6) is -1.60. The van der Waals surface area contributed by atoms with E-state index in [-0.39, 0.29) is 0 Å². The Hall–Kier alpha value is -1.49. The van der Waals surface area contributed by atoms with E-state index in [1.807, 2.05) is 13.0 Å². The van der Waals surface area contributed by atoms with Gasteiger partial charge in [-0.3, -0.25) is 0 Å². The van der Waals surface area contributed by atoms with Gasteiger partial charge in [-0.05, 0) is 44.0 Å². The fourth-order valence-corrected chi connectivity index (χ4v) is 4.82. The van der Waals surface area contributed by atoms with Crippen LogP contribution in [0.3, 0.4) is 0 Å². The topological polar surface area (TPSA) is 12.9 Å². The average Bonchev–Trinajstić information content (AvgIpc) is 3.28. The van der Waals surface area contributed by atoms with E-state index in [1.165, 1.54) is 11.3 Å². The van der Waals surface area contributed by atoms with E-state index >= 15 is 0 Å². The molecule has 4 rings (SSSR count). The smallest absolute Gasteiger partial charge is 0.163 e. The van der Waals surface area contributed by atoms with Gasteiger partial charge >= 0.3 is 0 Å². The van der Waals surface area contributed by atoms with Gasteiger partial charge in [-0.2, -0.15) is 0 Å². The molecule has 1 saturated carbocycles. The molecule has 1 aromatic heterocycles. The van der Waals surface area contributed by atoms with Crippen LogP contribution in [0.15, 0.2) is 36.4 Å². The average molecular weight is 396 g/mol. The van der Waals surface area contributed by atoms with Gasteiger partial charge in [-0.1, -0.05) is 35.3 Å². The molecule has 0 spiro atoms. The van der Waals surface area contributed by atoms with Crippen LogP contribution in [0.25, 0.3) is 11.3 Å². The van der Waals surface area contributed by atoms with Crippen LogP contribution in [0.4, 0.5) is 8.78 Å². The van der Waals surface area contributed by atoms with Crippen molar-refractivity contribution in [2.45, 2.75) is 25.2 Å². The molecule has 1 aliphatic carbocycles. The summed E-state index contributed by atoms with van der Waals surface area (Å²) in [4.78, 5) is 5.74. The second kappa shape index (κ2) is 6.04. The van der Waals surface area contributed by atoms with Gasteiger partial charge in [0.05, 0.1) is 16.1 Å². The van der Waals surface area contributed by atoms with E-state index in [0.717, 1.165) is 40.1 Å². The highest BCUT2D eigenvalue weighted by atomic mass is 35.5. The predicted molar refractivity (Wildman–Crippen MR) is 98.7 cm³/mol. The van der Waals surface area contributed by atoms with Gasteiger partial charge in [0.2, 0.25) is 0 Å². The minimum absolute atomic E-state index is 0.384. The molecule has 1 nitrogen and oxygen atoms in total. The first-order valence-electron chi connectivity index (χ1n) is 7.80. The molecule has 0 bridgehead atoms. The molecule has 0 amide bonds. The van der Waals surface area contributed by atoms with Gasteiger partial charge < -0.3 is 0 Å². The first-order chi connectivity index (χ1) is 11.9. The SMILES string of the molecule is Cc1sc(C2(c3cccc(F)c3F)CC2)nc1-c1ccc(Cl)cc1Cl. The van der Waals surface area contributed by atoms with E-state index < -0.39 is 17.0 Å². The molecular weight excluding hydrogens is 383 g/mol. The Morgan fingerprint density at radius 3 is 2.56 bits per heavy atom. The molecule has 3 aromatic rings. The number of halogens is 4. The Morgan fingerprint density at radius 2 is 1.88 bits per heavy atom. The number of aryl methyl sites for hydroxylation is 1. The van der Waals surface area contributed by atoms with Crippen molar-refractivity contribution in [1.29, 1.82) is 0 Å². The number of thiazole rings is 1. The van der Waals surface area contributed by atoms with Crippen LogP contribution in [0.2, 0.25) is 10.0 Å². The molecule has 0 aliphatic heterocycles. The summed E-state index contributed by atoms with van der Waals surface area (Å²) in [7, 11) is 0. The molecule has 1 heterocycles. The fourth-order valence-electron chi connectivity index (χ4n) is 3.13. The lowest BCUT2D eigenvalue weighted by molar-refractivity contribution is 0.492. The van der Waals surface area contributed by atoms with Crippen LogP contribution >= 0.6 is 34.5 Å². The lowest BCUT2D eigenvalue weighted by Crippen LogP contribution is -2.11. The molecule has 1 fully saturated rings. The molecule has 0 unspecified atom stereocenters. The van der Waals surface area contributed by atoms with Crippen molar-refractivity contribution in [2.75, 3.05) is 0 Å². The van der Waals surface area contributed by atoms with Crippen LogP contribution in [-0.4, -0.2) is 4.98 Å². The zero-order valence-electron chi connectivity index (χ0n) is 13.2. The molecule has 1 aliphatic rings. The monoisotopic (exact) mass is 395 g/mol. The van der Waals surface area contributed by atoms with Crippen molar-refractivity contribution >= 4 is 34.5 Å². The quantitative estimate of drug-likeness (QED) is 0.475. The van der Waals surface area contributed by atoms with Crippen LogP contribution in [0.5, 0.6) is 0 Å². The Bertz CT molecular complexity index is 980. The predicted octanol–water partition coefficient (Wildman–Crippen LogP) is 6.78. The third-order valence-electron chi connectivity index (χ3n) is 4.61. The Morgan fingerprint density at radius 1 is 1.12 bits per heavy atom. The van der Waals surface area contributed by atoms with Crippen LogP contribution < -0.4 is 0 Å². The van der Waals surface area contributed by atoms with Crippen LogP contribution in [0.1, 0.15) is 28.3 Å². The lowest BCUT2D eigenvalue weighted by Gasteiger charge is -2.14. The zero-order valence-corrected chi connectivity index (χ0v) is 15.6. The van der Waals surface area contributed by atoms with Gasteiger partial charge in [0.1, 0.15) is 5.01 Å². The summed E-state index contributed by atoms with van der Waals surface area (Å²) >= 11 is 13.8. The minimum Gasteiger partial charge on any atom is -0.240 e. The van der Waals surface area contributed by atoms with Crippen molar-refractivity contribution in [2.24, 2.45) is 0 Å². The van der Waals surface area contributed by atoms with Gasteiger partial charge in [-0.15, -0.1) is 11.3 Å².